The second kappa shape index (κ2) is 31.9. The van der Waals surface area contributed by atoms with E-state index >= 15 is 0 Å². The Balaban J connectivity index is 0.000000153. The van der Waals surface area contributed by atoms with Crippen LogP contribution in [0.25, 0.3) is 33.4 Å². The Morgan fingerprint density at radius 3 is 1.31 bits per heavy atom. The minimum Gasteiger partial charge on any atom is -0.457 e. The second-order valence-electron chi connectivity index (χ2n) is 25.0. The highest BCUT2D eigenvalue weighted by Crippen LogP contribution is 2.40. The van der Waals surface area contributed by atoms with Crippen LogP contribution in [0, 0.1) is 20.8 Å². The topological polar surface area (TPSA) is 235 Å². The van der Waals surface area contributed by atoms with Crippen LogP contribution < -0.4 is 37.9 Å². The van der Waals surface area contributed by atoms with Gasteiger partial charge in [0.1, 0.15) is 11.5 Å². The van der Waals surface area contributed by atoms with Crippen molar-refractivity contribution in [2.75, 3.05) is 16.0 Å². The molecule has 0 atom stereocenters. The number of nitrogens with one attached hydrogen (secondary N) is 3. The quantitative estimate of drug-likeness (QED) is 0.0392. The first kappa shape index (κ1) is 66.7. The summed E-state index contributed by atoms with van der Waals surface area (Å²) in [6.07, 6.45) is 10.1. The number of hydrogen-bond donors (Lipinski definition) is 9. The molecule has 14 heteroatoms. The minimum atomic E-state index is -0.464. The fourth-order valence-electron chi connectivity index (χ4n) is 12.7. The van der Waals surface area contributed by atoms with E-state index in [4.69, 9.17) is 21.9 Å². The lowest BCUT2D eigenvalue weighted by molar-refractivity contribution is 0.0992. The highest BCUT2D eigenvalue weighted by molar-refractivity contribution is 7.99. The first-order chi connectivity index (χ1) is 45.0. The zero-order valence-corrected chi connectivity index (χ0v) is 54.1. The Hall–Kier alpha value is -9.18. The van der Waals surface area contributed by atoms with Crippen molar-refractivity contribution in [1.82, 2.24) is 0 Å². The Bertz CT molecular complexity index is 3630. The predicted molar refractivity (Wildman–Crippen MR) is 377 cm³/mol. The number of benzene rings is 9. The number of anilines is 3. The average Bonchev–Trinajstić information content (AvgIpc) is 0.924. The van der Waals surface area contributed by atoms with Gasteiger partial charge in [0, 0.05) is 50.5 Å². The molecule has 12 N–H and O–H groups in total. The van der Waals surface area contributed by atoms with Crippen LogP contribution >= 0.6 is 11.8 Å². The van der Waals surface area contributed by atoms with Crippen LogP contribution in [0.4, 0.5) is 17.1 Å². The molecule has 93 heavy (non-hydrogen) atoms. The third-order valence-electron chi connectivity index (χ3n) is 17.7. The summed E-state index contributed by atoms with van der Waals surface area (Å²) in [6.45, 7) is 6.24. The van der Waals surface area contributed by atoms with Crippen molar-refractivity contribution >= 4 is 46.5 Å². The molecule has 3 saturated carbocycles. The van der Waals surface area contributed by atoms with Gasteiger partial charge in [-0.15, -0.1) is 0 Å². The number of para-hydroxylation sites is 1. The molecule has 3 amide bonds. The summed E-state index contributed by atoms with van der Waals surface area (Å²) in [6, 6.07) is 67.5. The molecule has 0 unspecified atom stereocenters. The summed E-state index contributed by atoms with van der Waals surface area (Å²) in [5, 5.41) is 39.9. The molecular weight excluding hydrogens is 1180 g/mol. The monoisotopic (exact) mass is 1260 g/mol. The van der Waals surface area contributed by atoms with Gasteiger partial charge in [0.2, 0.25) is 0 Å². The van der Waals surface area contributed by atoms with E-state index in [2.05, 4.69) is 109 Å². The van der Waals surface area contributed by atoms with Gasteiger partial charge in [-0.1, -0.05) is 150 Å². The van der Waals surface area contributed by atoms with Crippen LogP contribution in [0.5, 0.6) is 11.5 Å². The van der Waals surface area contributed by atoms with Gasteiger partial charge in [0.25, 0.3) is 17.7 Å². The standard InChI is InChI=1S/C27H30N2O2.C26H28N2O3.C26H28N2O2S/c1-18-5-4-6-19(15-18)16-20-7-2-3-8-24(20)21-9-14-25(27(28)31)26(17-21)29-22-10-12-23(30)13-11-22;2*1-17-5-4-6-21(15-17)31-25-8-3-2-7-22(25)18-9-14-23(26(27)30)24(16-18)28-19-10-12-20(29)13-11-19/h2-9,14-15,17,22-23,29-30H,10-13,16H2,1H3,(H2,28,31);2*2-9,14-16,19-20,28-29H,10-13H2,1H3,(H2,27,30). The summed E-state index contributed by atoms with van der Waals surface area (Å²) in [4.78, 5) is 38.5. The first-order valence-corrected chi connectivity index (χ1v) is 33.3. The smallest absolute Gasteiger partial charge is 0.250 e. The summed E-state index contributed by atoms with van der Waals surface area (Å²) in [5.74, 6) is 0.187. The number of nitrogens with two attached hydrogens (primary N) is 3. The zero-order valence-electron chi connectivity index (χ0n) is 53.3. The molecular formula is C79H86N6O7S. The molecule has 12 rings (SSSR count). The van der Waals surface area contributed by atoms with Crippen LogP contribution in [-0.2, 0) is 6.42 Å². The number of aliphatic hydroxyl groups is 3. The number of primary amides is 3. The Labute approximate surface area is 551 Å². The van der Waals surface area contributed by atoms with Crippen LogP contribution in [0.2, 0.25) is 0 Å². The van der Waals surface area contributed by atoms with Crippen molar-refractivity contribution in [2.24, 2.45) is 17.2 Å². The van der Waals surface area contributed by atoms with Crippen molar-refractivity contribution in [3.8, 4) is 44.9 Å². The molecule has 3 aliphatic carbocycles. The lowest BCUT2D eigenvalue weighted by atomic mass is 9.91. The molecule has 480 valence electrons. The maximum absolute atomic E-state index is 12.0. The average molecular weight is 1260 g/mol. The molecule has 3 fully saturated rings. The number of aliphatic hydroxyl groups excluding tert-OH is 3. The number of hydrogen-bond acceptors (Lipinski definition) is 11. The SMILES string of the molecule is Cc1cccc(Cc2ccccc2-c2ccc(C(N)=O)c(NC3CCC(O)CC3)c2)c1.Cc1cccc(Oc2ccccc2-c2ccc(C(N)=O)c(NC3CCC(O)CC3)c2)c1.Cc1cccc(Sc2ccccc2-c2ccc(C(N)=O)c(NC3CCC(O)CC3)c2)c1. The van der Waals surface area contributed by atoms with Crippen molar-refractivity contribution in [3.63, 3.8) is 0 Å². The third-order valence-corrected chi connectivity index (χ3v) is 18.7. The maximum Gasteiger partial charge on any atom is 0.250 e. The minimum absolute atomic E-state index is 0.204. The fourth-order valence-corrected chi connectivity index (χ4v) is 13.7. The summed E-state index contributed by atoms with van der Waals surface area (Å²) < 4.78 is 6.18. The molecule has 0 heterocycles. The predicted octanol–water partition coefficient (Wildman–Crippen LogP) is 16.0. The van der Waals surface area contributed by atoms with Gasteiger partial charge in [-0.2, -0.15) is 0 Å². The largest absolute Gasteiger partial charge is 0.457 e. The van der Waals surface area contributed by atoms with Crippen molar-refractivity contribution in [1.29, 1.82) is 0 Å². The van der Waals surface area contributed by atoms with Gasteiger partial charge in [0.15, 0.2) is 0 Å². The molecule has 0 aromatic heterocycles. The van der Waals surface area contributed by atoms with Crippen LogP contribution in [-0.4, -0.2) is 69.5 Å². The van der Waals surface area contributed by atoms with E-state index in [0.717, 1.165) is 156 Å². The van der Waals surface area contributed by atoms with Gasteiger partial charge in [-0.3, -0.25) is 14.4 Å². The summed E-state index contributed by atoms with van der Waals surface area (Å²) in [7, 11) is 0. The van der Waals surface area contributed by atoms with E-state index in [0.29, 0.717) is 16.7 Å². The fraction of sp³-hybridized carbons (Fsp3) is 0.278. The van der Waals surface area contributed by atoms with Gasteiger partial charge in [-0.25, -0.2) is 0 Å². The Morgan fingerprint density at radius 2 is 0.828 bits per heavy atom. The zero-order chi connectivity index (χ0) is 65.4. The van der Waals surface area contributed by atoms with Crippen LogP contribution in [0.15, 0.2) is 210 Å². The molecule has 9 aromatic carbocycles. The van der Waals surface area contributed by atoms with Crippen LogP contribution in [0.3, 0.4) is 0 Å². The number of ether oxygens (including phenoxy) is 1. The molecule has 0 radical (unpaired) electrons. The van der Waals surface area contributed by atoms with Gasteiger partial charge in [-0.05, 0) is 222 Å². The van der Waals surface area contributed by atoms with E-state index in [1.54, 1.807) is 17.8 Å². The lowest BCUT2D eigenvalue weighted by Gasteiger charge is -2.28. The molecule has 0 bridgehead atoms. The lowest BCUT2D eigenvalue weighted by Crippen LogP contribution is -2.29. The molecule has 3 aliphatic rings. The number of rotatable bonds is 18. The normalized spacial score (nSPS) is 18.5. The van der Waals surface area contributed by atoms with Crippen LogP contribution in [0.1, 0.15) is 136 Å². The highest BCUT2D eigenvalue weighted by atomic mass is 32.2. The van der Waals surface area contributed by atoms with E-state index in [9.17, 15) is 29.7 Å². The van der Waals surface area contributed by atoms with E-state index in [1.807, 2.05) is 122 Å². The molecule has 0 saturated heterocycles. The van der Waals surface area contributed by atoms with E-state index in [1.165, 1.54) is 27.1 Å². The Morgan fingerprint density at radius 1 is 0.419 bits per heavy atom. The van der Waals surface area contributed by atoms with Crippen molar-refractivity contribution in [2.45, 2.75) is 150 Å². The van der Waals surface area contributed by atoms with Crippen molar-refractivity contribution in [3.05, 3.63) is 245 Å². The molecule has 0 spiro atoms. The molecule has 9 aromatic rings. The number of carbonyl (C=O) groups is 3. The Kier molecular flexibility index (Phi) is 22.9. The first-order valence-electron chi connectivity index (χ1n) is 32.5. The number of aryl methyl sites for hydroxylation is 3. The number of carbonyl (C=O) groups excluding carboxylic acids is 3. The summed E-state index contributed by atoms with van der Waals surface area (Å²) in [5.41, 5.74) is 33.1. The maximum atomic E-state index is 12.0. The second-order valence-corrected chi connectivity index (χ2v) is 26.1. The highest BCUT2D eigenvalue weighted by Gasteiger charge is 2.25. The third kappa shape index (κ3) is 18.5. The number of amides is 3. The van der Waals surface area contributed by atoms with Crippen molar-refractivity contribution < 1.29 is 34.4 Å². The summed E-state index contributed by atoms with van der Waals surface area (Å²) >= 11 is 1.74. The van der Waals surface area contributed by atoms with Gasteiger partial charge >= 0.3 is 0 Å². The van der Waals surface area contributed by atoms with Gasteiger partial charge < -0.3 is 53.2 Å². The van der Waals surface area contributed by atoms with E-state index < -0.39 is 17.7 Å². The molecule has 0 aliphatic heterocycles. The molecule has 13 nitrogen and oxygen atoms in total. The van der Waals surface area contributed by atoms with Gasteiger partial charge in [0.05, 0.1) is 35.0 Å². The van der Waals surface area contributed by atoms with E-state index in [-0.39, 0.29) is 36.4 Å².